The molecule has 1 amide bonds. The lowest BCUT2D eigenvalue weighted by atomic mass is 10.0. The molecule has 0 unspecified atom stereocenters. The molecule has 0 bridgehead atoms. The molecular weight excluding hydrogens is 254 g/mol. The van der Waals surface area contributed by atoms with Gasteiger partial charge in [-0.2, -0.15) is 0 Å². The zero-order valence-corrected chi connectivity index (χ0v) is 12.7. The van der Waals surface area contributed by atoms with Crippen molar-refractivity contribution in [1.29, 1.82) is 0 Å². The minimum Gasteiger partial charge on any atom is -0.497 e. The third-order valence-corrected chi connectivity index (χ3v) is 3.36. The summed E-state index contributed by atoms with van der Waals surface area (Å²) in [6, 6.07) is 7.99. The van der Waals surface area contributed by atoms with Gasteiger partial charge in [0.2, 0.25) is 0 Å². The SMILES string of the molecule is COc1cccc([C@@H]2CCCN2C(=O)OC(C)(C)C)c1. The third kappa shape index (κ3) is 3.44. The Bertz CT molecular complexity index is 479. The molecular formula is C16H23NO3. The van der Waals surface area contributed by atoms with Crippen LogP contribution < -0.4 is 4.74 Å². The van der Waals surface area contributed by atoms with Gasteiger partial charge in [0, 0.05) is 6.54 Å². The molecule has 20 heavy (non-hydrogen) atoms. The summed E-state index contributed by atoms with van der Waals surface area (Å²) in [6.07, 6.45) is 1.73. The molecule has 2 rings (SSSR count). The lowest BCUT2D eigenvalue weighted by Crippen LogP contribution is -2.36. The Kier molecular flexibility index (Phi) is 4.21. The summed E-state index contributed by atoms with van der Waals surface area (Å²) in [6.45, 7) is 6.42. The zero-order chi connectivity index (χ0) is 14.8. The van der Waals surface area contributed by atoms with Gasteiger partial charge in [0.1, 0.15) is 11.4 Å². The number of hydrogen-bond donors (Lipinski definition) is 0. The number of rotatable bonds is 2. The number of likely N-dealkylation sites (tertiary alicyclic amines) is 1. The Morgan fingerprint density at radius 2 is 2.10 bits per heavy atom. The quantitative estimate of drug-likeness (QED) is 0.826. The second-order valence-corrected chi connectivity index (χ2v) is 6.11. The average molecular weight is 277 g/mol. The Hall–Kier alpha value is -1.71. The largest absolute Gasteiger partial charge is 0.497 e. The molecule has 0 N–H and O–H groups in total. The number of nitrogens with zero attached hydrogens (tertiary/aromatic N) is 1. The van der Waals surface area contributed by atoms with Gasteiger partial charge in [-0.3, -0.25) is 0 Å². The Morgan fingerprint density at radius 3 is 2.75 bits per heavy atom. The summed E-state index contributed by atoms with van der Waals surface area (Å²) < 4.78 is 10.7. The molecule has 0 aliphatic carbocycles. The first-order valence-electron chi connectivity index (χ1n) is 7.04. The van der Waals surface area contributed by atoms with Crippen LogP contribution in [-0.4, -0.2) is 30.2 Å². The molecule has 110 valence electrons. The Morgan fingerprint density at radius 1 is 1.35 bits per heavy atom. The van der Waals surface area contributed by atoms with Crippen LogP contribution in [0.3, 0.4) is 0 Å². The minimum atomic E-state index is -0.460. The van der Waals surface area contributed by atoms with Gasteiger partial charge >= 0.3 is 6.09 Å². The number of methoxy groups -OCH3 is 1. The third-order valence-electron chi connectivity index (χ3n) is 3.36. The Labute approximate surface area is 120 Å². The van der Waals surface area contributed by atoms with Crippen molar-refractivity contribution in [2.75, 3.05) is 13.7 Å². The second-order valence-electron chi connectivity index (χ2n) is 6.11. The van der Waals surface area contributed by atoms with E-state index in [2.05, 4.69) is 0 Å². The van der Waals surface area contributed by atoms with Crippen LogP contribution in [0.1, 0.15) is 45.2 Å². The van der Waals surface area contributed by atoms with Crippen molar-refractivity contribution in [3.8, 4) is 5.75 Å². The molecule has 0 spiro atoms. The highest BCUT2D eigenvalue weighted by Crippen LogP contribution is 2.34. The molecule has 1 fully saturated rings. The highest BCUT2D eigenvalue weighted by atomic mass is 16.6. The molecule has 1 atom stereocenters. The lowest BCUT2D eigenvalue weighted by molar-refractivity contribution is 0.0224. The maximum absolute atomic E-state index is 12.3. The van der Waals surface area contributed by atoms with Crippen molar-refractivity contribution in [3.05, 3.63) is 29.8 Å². The van der Waals surface area contributed by atoms with Crippen LogP contribution >= 0.6 is 0 Å². The van der Waals surface area contributed by atoms with Gasteiger partial charge < -0.3 is 14.4 Å². The van der Waals surface area contributed by atoms with Crippen molar-refractivity contribution in [2.45, 2.75) is 45.3 Å². The maximum atomic E-state index is 12.3. The summed E-state index contributed by atoms with van der Waals surface area (Å²) in [7, 11) is 1.65. The molecule has 1 aliphatic heterocycles. The molecule has 0 radical (unpaired) electrons. The van der Waals surface area contributed by atoms with Gasteiger partial charge in [-0.1, -0.05) is 12.1 Å². The highest BCUT2D eigenvalue weighted by Gasteiger charge is 2.33. The van der Waals surface area contributed by atoms with Crippen molar-refractivity contribution in [2.24, 2.45) is 0 Å². The second kappa shape index (κ2) is 5.73. The fourth-order valence-corrected chi connectivity index (χ4v) is 2.50. The summed E-state index contributed by atoms with van der Waals surface area (Å²) in [4.78, 5) is 14.1. The average Bonchev–Trinajstić information content (AvgIpc) is 2.86. The number of ether oxygens (including phenoxy) is 2. The van der Waals surface area contributed by atoms with Crippen molar-refractivity contribution in [3.63, 3.8) is 0 Å². The first-order valence-corrected chi connectivity index (χ1v) is 7.04. The van der Waals surface area contributed by atoms with Crippen LogP contribution in [0, 0.1) is 0 Å². The molecule has 1 aromatic carbocycles. The molecule has 1 aromatic rings. The van der Waals surface area contributed by atoms with Crippen LogP contribution in [0.2, 0.25) is 0 Å². The van der Waals surface area contributed by atoms with E-state index < -0.39 is 5.60 Å². The fraction of sp³-hybridized carbons (Fsp3) is 0.562. The van der Waals surface area contributed by atoms with Crippen molar-refractivity contribution >= 4 is 6.09 Å². The summed E-state index contributed by atoms with van der Waals surface area (Å²) >= 11 is 0. The smallest absolute Gasteiger partial charge is 0.410 e. The van der Waals surface area contributed by atoms with Crippen LogP contribution in [0.4, 0.5) is 4.79 Å². The van der Waals surface area contributed by atoms with Crippen LogP contribution in [-0.2, 0) is 4.74 Å². The monoisotopic (exact) mass is 277 g/mol. The topological polar surface area (TPSA) is 38.8 Å². The van der Waals surface area contributed by atoms with Gasteiger partial charge in [-0.05, 0) is 51.3 Å². The summed E-state index contributed by atoms with van der Waals surface area (Å²) in [5.74, 6) is 0.818. The molecule has 4 heteroatoms. The number of carbonyl (C=O) groups is 1. The van der Waals surface area contributed by atoms with E-state index in [1.54, 1.807) is 7.11 Å². The highest BCUT2D eigenvalue weighted by molar-refractivity contribution is 5.69. The van der Waals surface area contributed by atoms with Crippen LogP contribution in [0.15, 0.2) is 24.3 Å². The van der Waals surface area contributed by atoms with E-state index in [4.69, 9.17) is 9.47 Å². The van der Waals surface area contributed by atoms with E-state index in [9.17, 15) is 4.79 Å². The van der Waals surface area contributed by atoms with E-state index in [0.717, 1.165) is 30.7 Å². The molecule has 0 aromatic heterocycles. The number of amides is 1. The normalized spacial score (nSPS) is 19.0. The molecule has 1 aliphatic rings. The number of carbonyl (C=O) groups excluding carboxylic acids is 1. The molecule has 1 heterocycles. The predicted molar refractivity (Wildman–Crippen MR) is 77.9 cm³/mol. The fourth-order valence-electron chi connectivity index (χ4n) is 2.50. The minimum absolute atomic E-state index is 0.0833. The predicted octanol–water partition coefficient (Wildman–Crippen LogP) is 3.77. The van der Waals surface area contributed by atoms with E-state index >= 15 is 0 Å². The van der Waals surface area contributed by atoms with Gasteiger partial charge in [0.15, 0.2) is 0 Å². The first-order chi connectivity index (χ1) is 9.40. The van der Waals surface area contributed by atoms with E-state index in [1.807, 2.05) is 49.9 Å². The maximum Gasteiger partial charge on any atom is 0.410 e. The lowest BCUT2D eigenvalue weighted by Gasteiger charge is -2.29. The number of hydrogen-bond acceptors (Lipinski definition) is 3. The Balaban J connectivity index is 2.16. The molecule has 1 saturated heterocycles. The summed E-state index contributed by atoms with van der Waals surface area (Å²) in [5, 5.41) is 0. The van der Waals surface area contributed by atoms with Crippen molar-refractivity contribution in [1.82, 2.24) is 4.90 Å². The van der Waals surface area contributed by atoms with Gasteiger partial charge in [0.05, 0.1) is 13.2 Å². The standard InChI is InChI=1S/C16H23NO3/c1-16(2,3)20-15(18)17-10-6-9-14(17)12-7-5-8-13(11-12)19-4/h5,7-8,11,14H,6,9-10H2,1-4H3/t14-/m0/s1. The van der Waals surface area contributed by atoms with Gasteiger partial charge in [-0.25, -0.2) is 4.79 Å². The van der Waals surface area contributed by atoms with Crippen LogP contribution in [0.5, 0.6) is 5.75 Å². The first kappa shape index (κ1) is 14.7. The van der Waals surface area contributed by atoms with Crippen molar-refractivity contribution < 1.29 is 14.3 Å². The van der Waals surface area contributed by atoms with E-state index in [1.165, 1.54) is 0 Å². The van der Waals surface area contributed by atoms with Gasteiger partial charge in [0.25, 0.3) is 0 Å². The number of benzene rings is 1. The molecule has 4 nitrogen and oxygen atoms in total. The molecule has 0 saturated carbocycles. The van der Waals surface area contributed by atoms with E-state index in [-0.39, 0.29) is 12.1 Å². The summed E-state index contributed by atoms with van der Waals surface area (Å²) in [5.41, 5.74) is 0.645. The zero-order valence-electron chi connectivity index (χ0n) is 12.7. The van der Waals surface area contributed by atoms with Gasteiger partial charge in [-0.15, -0.1) is 0 Å². The van der Waals surface area contributed by atoms with Crippen LogP contribution in [0.25, 0.3) is 0 Å². The van der Waals surface area contributed by atoms with E-state index in [0.29, 0.717) is 0 Å².